The first kappa shape index (κ1) is 13.4. The molecule has 0 saturated carbocycles. The molecule has 6 heteroatoms. The minimum atomic E-state index is -2.55. The third kappa shape index (κ3) is 3.74. The normalized spacial score (nSPS) is 20.5. The Kier molecular flexibility index (Phi) is 5.07. The van der Waals surface area contributed by atoms with Crippen LogP contribution in [0.25, 0.3) is 0 Å². The van der Waals surface area contributed by atoms with Gasteiger partial charge in [0.15, 0.2) is 0 Å². The van der Waals surface area contributed by atoms with Crippen molar-refractivity contribution in [3.8, 4) is 0 Å². The Morgan fingerprint density at radius 1 is 1.56 bits per heavy atom. The second-order valence-corrected chi connectivity index (χ2v) is 4.58. The predicted octanol–water partition coefficient (Wildman–Crippen LogP) is 2.18. The van der Waals surface area contributed by atoms with Crippen molar-refractivity contribution in [1.82, 2.24) is 14.9 Å². The molecule has 1 aromatic rings. The van der Waals surface area contributed by atoms with Crippen LogP contribution in [0, 0.1) is 5.92 Å². The SMILES string of the molecule is FC(F)n1ccnc1COCCC1CCCNC1. The molecule has 0 bridgehead atoms. The summed E-state index contributed by atoms with van der Waals surface area (Å²) in [5.74, 6) is 0.931. The van der Waals surface area contributed by atoms with Gasteiger partial charge in [0.25, 0.3) is 0 Å². The summed E-state index contributed by atoms with van der Waals surface area (Å²) in [5.41, 5.74) is 0. The average Bonchev–Trinajstić information content (AvgIpc) is 2.84. The van der Waals surface area contributed by atoms with E-state index in [-0.39, 0.29) is 12.4 Å². The molecular formula is C12H19F2N3O. The number of nitrogens with one attached hydrogen (secondary N) is 1. The maximum Gasteiger partial charge on any atom is 0.320 e. The van der Waals surface area contributed by atoms with Gasteiger partial charge in [0, 0.05) is 19.0 Å². The molecule has 4 nitrogen and oxygen atoms in total. The number of aromatic nitrogens is 2. The van der Waals surface area contributed by atoms with Gasteiger partial charge in [0.1, 0.15) is 12.4 Å². The zero-order chi connectivity index (χ0) is 12.8. The van der Waals surface area contributed by atoms with E-state index in [1.165, 1.54) is 25.2 Å². The van der Waals surface area contributed by atoms with Gasteiger partial charge in [-0.1, -0.05) is 0 Å². The predicted molar refractivity (Wildman–Crippen MR) is 63.3 cm³/mol. The third-order valence-electron chi connectivity index (χ3n) is 3.26. The molecule has 1 N–H and O–H groups in total. The van der Waals surface area contributed by atoms with Crippen LogP contribution < -0.4 is 5.32 Å². The van der Waals surface area contributed by atoms with Crippen LogP contribution in [0.1, 0.15) is 31.6 Å². The van der Waals surface area contributed by atoms with Crippen molar-refractivity contribution < 1.29 is 13.5 Å². The Balaban J connectivity index is 1.66. The smallest absolute Gasteiger partial charge is 0.320 e. The van der Waals surface area contributed by atoms with Crippen LogP contribution in [-0.2, 0) is 11.3 Å². The molecule has 0 aliphatic carbocycles. The lowest BCUT2D eigenvalue weighted by molar-refractivity contribution is 0.0495. The molecular weight excluding hydrogens is 240 g/mol. The number of alkyl halides is 2. The Hall–Kier alpha value is -1.01. The molecule has 0 spiro atoms. The maximum atomic E-state index is 12.5. The van der Waals surface area contributed by atoms with Gasteiger partial charge in [0.05, 0.1) is 0 Å². The van der Waals surface area contributed by atoms with Gasteiger partial charge in [-0.05, 0) is 38.3 Å². The van der Waals surface area contributed by atoms with E-state index in [0.29, 0.717) is 12.5 Å². The van der Waals surface area contributed by atoms with Gasteiger partial charge in [0.2, 0.25) is 0 Å². The Morgan fingerprint density at radius 2 is 2.44 bits per heavy atom. The fourth-order valence-corrected chi connectivity index (χ4v) is 2.22. The number of imidazole rings is 1. The highest BCUT2D eigenvalue weighted by atomic mass is 19.3. The van der Waals surface area contributed by atoms with Gasteiger partial charge >= 0.3 is 6.55 Å². The van der Waals surface area contributed by atoms with Crippen LogP contribution >= 0.6 is 0 Å². The van der Waals surface area contributed by atoms with E-state index in [1.807, 2.05) is 0 Å². The first-order valence-corrected chi connectivity index (χ1v) is 6.35. The van der Waals surface area contributed by atoms with E-state index < -0.39 is 6.55 Å². The highest BCUT2D eigenvalue weighted by molar-refractivity contribution is 4.90. The molecule has 1 aliphatic heterocycles. The van der Waals surface area contributed by atoms with Crippen molar-refractivity contribution in [3.05, 3.63) is 18.2 Å². The van der Waals surface area contributed by atoms with Gasteiger partial charge < -0.3 is 10.1 Å². The zero-order valence-electron chi connectivity index (χ0n) is 10.3. The number of piperidine rings is 1. The average molecular weight is 259 g/mol. The van der Waals surface area contributed by atoms with Crippen LogP contribution in [0.5, 0.6) is 0 Å². The molecule has 0 radical (unpaired) electrons. The largest absolute Gasteiger partial charge is 0.374 e. The number of ether oxygens (including phenoxy) is 1. The van der Waals surface area contributed by atoms with E-state index in [2.05, 4.69) is 10.3 Å². The Morgan fingerprint density at radius 3 is 3.17 bits per heavy atom. The molecule has 1 unspecified atom stereocenters. The van der Waals surface area contributed by atoms with Crippen molar-refractivity contribution in [2.45, 2.75) is 32.4 Å². The van der Waals surface area contributed by atoms with Gasteiger partial charge in [-0.15, -0.1) is 0 Å². The lowest BCUT2D eigenvalue weighted by atomic mass is 9.97. The van der Waals surface area contributed by atoms with Crippen molar-refractivity contribution in [2.75, 3.05) is 19.7 Å². The molecule has 1 atom stereocenters. The fraction of sp³-hybridized carbons (Fsp3) is 0.750. The van der Waals surface area contributed by atoms with Gasteiger partial charge in [-0.2, -0.15) is 8.78 Å². The Bertz CT molecular complexity index is 351. The van der Waals surface area contributed by atoms with E-state index >= 15 is 0 Å². The van der Waals surface area contributed by atoms with Crippen LogP contribution in [-0.4, -0.2) is 29.2 Å². The summed E-state index contributed by atoms with van der Waals surface area (Å²) in [4.78, 5) is 3.87. The second-order valence-electron chi connectivity index (χ2n) is 4.58. The quantitative estimate of drug-likeness (QED) is 0.796. The highest BCUT2D eigenvalue weighted by Crippen LogP contribution is 2.15. The summed E-state index contributed by atoms with van der Waals surface area (Å²) in [6.45, 7) is 0.339. The number of hydrogen-bond acceptors (Lipinski definition) is 3. The first-order chi connectivity index (χ1) is 8.77. The van der Waals surface area contributed by atoms with Crippen molar-refractivity contribution in [3.63, 3.8) is 0 Å². The molecule has 2 rings (SSSR count). The molecule has 0 aromatic carbocycles. The second kappa shape index (κ2) is 6.80. The number of rotatable bonds is 6. The summed E-state index contributed by atoms with van der Waals surface area (Å²) in [5, 5.41) is 3.34. The lowest BCUT2D eigenvalue weighted by Gasteiger charge is -2.22. The standard InChI is InChI=1S/C12H19F2N3O/c13-12(14)17-6-5-16-11(17)9-18-7-3-10-2-1-4-15-8-10/h5-6,10,12,15H,1-4,7-9H2. The Labute approximate surface area is 105 Å². The molecule has 1 saturated heterocycles. The van der Waals surface area contributed by atoms with E-state index in [0.717, 1.165) is 24.1 Å². The van der Waals surface area contributed by atoms with Crippen molar-refractivity contribution >= 4 is 0 Å². The van der Waals surface area contributed by atoms with Gasteiger partial charge in [-0.25, -0.2) is 4.98 Å². The topological polar surface area (TPSA) is 39.1 Å². The highest BCUT2D eigenvalue weighted by Gasteiger charge is 2.14. The molecule has 2 heterocycles. The van der Waals surface area contributed by atoms with Crippen LogP contribution in [0.2, 0.25) is 0 Å². The lowest BCUT2D eigenvalue weighted by Crippen LogP contribution is -2.30. The van der Waals surface area contributed by atoms with Crippen molar-refractivity contribution in [2.24, 2.45) is 5.92 Å². The van der Waals surface area contributed by atoms with Crippen molar-refractivity contribution in [1.29, 1.82) is 0 Å². The number of hydrogen-bond donors (Lipinski definition) is 1. The number of nitrogens with zero attached hydrogens (tertiary/aromatic N) is 2. The third-order valence-corrected chi connectivity index (χ3v) is 3.26. The number of halogens is 2. The molecule has 18 heavy (non-hydrogen) atoms. The zero-order valence-corrected chi connectivity index (χ0v) is 10.3. The minimum Gasteiger partial charge on any atom is -0.374 e. The molecule has 102 valence electrons. The maximum absolute atomic E-state index is 12.5. The van der Waals surface area contributed by atoms with E-state index in [4.69, 9.17) is 4.74 Å². The molecule has 1 aliphatic rings. The monoisotopic (exact) mass is 259 g/mol. The summed E-state index contributed by atoms with van der Waals surface area (Å²) in [7, 11) is 0. The summed E-state index contributed by atoms with van der Waals surface area (Å²) in [6.07, 6.45) is 6.05. The summed E-state index contributed by atoms with van der Waals surface area (Å²) >= 11 is 0. The molecule has 1 aromatic heterocycles. The van der Waals surface area contributed by atoms with Crippen LogP contribution in [0.15, 0.2) is 12.4 Å². The fourth-order valence-electron chi connectivity index (χ4n) is 2.22. The minimum absolute atomic E-state index is 0.150. The van der Waals surface area contributed by atoms with Crippen LogP contribution in [0.4, 0.5) is 8.78 Å². The van der Waals surface area contributed by atoms with E-state index in [1.54, 1.807) is 0 Å². The first-order valence-electron chi connectivity index (χ1n) is 6.35. The van der Waals surface area contributed by atoms with Gasteiger partial charge in [-0.3, -0.25) is 4.57 Å². The van der Waals surface area contributed by atoms with Crippen LogP contribution in [0.3, 0.4) is 0 Å². The summed E-state index contributed by atoms with van der Waals surface area (Å²) < 4.78 is 31.3. The summed E-state index contributed by atoms with van der Waals surface area (Å²) in [6, 6.07) is 0. The molecule has 0 amide bonds. The van der Waals surface area contributed by atoms with E-state index in [9.17, 15) is 8.78 Å². The molecule has 1 fully saturated rings.